The van der Waals surface area contributed by atoms with E-state index >= 15 is 0 Å². The summed E-state index contributed by atoms with van der Waals surface area (Å²) < 4.78 is 13.1. The van der Waals surface area contributed by atoms with Gasteiger partial charge < -0.3 is 5.32 Å². The first-order chi connectivity index (χ1) is 5.79. The fourth-order valence-electron chi connectivity index (χ4n) is 1.36. The Morgan fingerprint density at radius 3 is 2.92 bits per heavy atom. The predicted octanol–water partition coefficient (Wildman–Crippen LogP) is 1.44. The monoisotopic (exact) mass is 165 g/mol. The van der Waals surface area contributed by atoms with Crippen molar-refractivity contribution in [2.45, 2.75) is 6.17 Å². The summed E-state index contributed by atoms with van der Waals surface area (Å²) in [4.78, 5) is 11.2. The number of amides is 1. The van der Waals surface area contributed by atoms with Crippen molar-refractivity contribution in [1.82, 2.24) is 5.32 Å². The standard InChI is InChI=1S/C9H8FNO/c10-8-5-11-9(12)7-4-2-1-3-6(7)8/h1-4,8H,5H2,(H,11,12). The van der Waals surface area contributed by atoms with Crippen LogP contribution in [0.4, 0.5) is 4.39 Å². The molecule has 1 atom stereocenters. The van der Waals surface area contributed by atoms with Gasteiger partial charge in [0.05, 0.1) is 6.54 Å². The van der Waals surface area contributed by atoms with Gasteiger partial charge in [0.25, 0.3) is 5.91 Å². The largest absolute Gasteiger partial charge is 0.349 e. The number of fused-ring (bicyclic) bond motifs is 1. The second-order valence-corrected chi connectivity index (χ2v) is 2.76. The number of carbonyl (C=O) groups is 1. The third kappa shape index (κ3) is 0.978. The lowest BCUT2D eigenvalue weighted by atomic mass is 9.99. The molecule has 0 aromatic heterocycles. The molecule has 1 aromatic carbocycles. The van der Waals surface area contributed by atoms with Gasteiger partial charge in [0.2, 0.25) is 0 Å². The summed E-state index contributed by atoms with van der Waals surface area (Å²) >= 11 is 0. The molecule has 1 unspecified atom stereocenters. The summed E-state index contributed by atoms with van der Waals surface area (Å²) in [7, 11) is 0. The van der Waals surface area contributed by atoms with Crippen molar-refractivity contribution in [3.8, 4) is 0 Å². The molecule has 0 fully saturated rings. The molecule has 62 valence electrons. The summed E-state index contributed by atoms with van der Waals surface area (Å²) in [6.07, 6.45) is -1.06. The highest BCUT2D eigenvalue weighted by atomic mass is 19.1. The van der Waals surface area contributed by atoms with E-state index in [2.05, 4.69) is 5.32 Å². The van der Waals surface area contributed by atoms with Crippen molar-refractivity contribution in [3.63, 3.8) is 0 Å². The maximum absolute atomic E-state index is 13.1. The van der Waals surface area contributed by atoms with E-state index in [1.54, 1.807) is 24.3 Å². The third-order valence-electron chi connectivity index (χ3n) is 1.98. The Balaban J connectivity index is 2.55. The van der Waals surface area contributed by atoms with E-state index in [1.807, 2.05) is 0 Å². The highest BCUT2D eigenvalue weighted by Crippen LogP contribution is 2.24. The number of nitrogens with one attached hydrogen (secondary N) is 1. The number of alkyl halides is 1. The van der Waals surface area contributed by atoms with E-state index < -0.39 is 6.17 Å². The van der Waals surface area contributed by atoms with Crippen LogP contribution in [0.2, 0.25) is 0 Å². The minimum absolute atomic E-state index is 0.0931. The van der Waals surface area contributed by atoms with Gasteiger partial charge >= 0.3 is 0 Å². The first-order valence-corrected chi connectivity index (χ1v) is 3.80. The van der Waals surface area contributed by atoms with Gasteiger partial charge in [-0.3, -0.25) is 4.79 Å². The van der Waals surface area contributed by atoms with Crippen LogP contribution < -0.4 is 5.32 Å². The smallest absolute Gasteiger partial charge is 0.251 e. The first-order valence-electron chi connectivity index (χ1n) is 3.80. The van der Waals surface area contributed by atoms with Crippen LogP contribution in [0.25, 0.3) is 0 Å². The van der Waals surface area contributed by atoms with Crippen LogP contribution in [-0.2, 0) is 0 Å². The van der Waals surface area contributed by atoms with Crippen LogP contribution in [0.1, 0.15) is 22.1 Å². The quantitative estimate of drug-likeness (QED) is 0.619. The number of halogens is 1. The highest BCUT2D eigenvalue weighted by molar-refractivity contribution is 5.96. The summed E-state index contributed by atoms with van der Waals surface area (Å²) in [5, 5.41) is 2.47. The Morgan fingerprint density at radius 1 is 1.42 bits per heavy atom. The van der Waals surface area contributed by atoms with E-state index in [4.69, 9.17) is 0 Å². The van der Waals surface area contributed by atoms with Crippen molar-refractivity contribution >= 4 is 5.91 Å². The van der Waals surface area contributed by atoms with Crippen LogP contribution in [0.15, 0.2) is 24.3 Å². The summed E-state index contributed by atoms with van der Waals surface area (Å²) in [5.74, 6) is -0.181. The Bertz CT molecular complexity index is 324. The number of hydrogen-bond donors (Lipinski definition) is 1. The van der Waals surface area contributed by atoms with Crippen molar-refractivity contribution in [3.05, 3.63) is 35.4 Å². The lowest BCUT2D eigenvalue weighted by Gasteiger charge is -2.19. The average molecular weight is 165 g/mol. The first kappa shape index (κ1) is 7.28. The normalized spacial score (nSPS) is 21.4. The molecule has 1 heterocycles. The molecule has 3 heteroatoms. The van der Waals surface area contributed by atoms with Crippen molar-refractivity contribution in [2.24, 2.45) is 0 Å². The molecule has 1 N–H and O–H groups in total. The van der Waals surface area contributed by atoms with Gasteiger partial charge in [0, 0.05) is 11.1 Å². The zero-order chi connectivity index (χ0) is 8.55. The molecular formula is C9H8FNO. The Kier molecular flexibility index (Phi) is 1.57. The topological polar surface area (TPSA) is 29.1 Å². The van der Waals surface area contributed by atoms with Gasteiger partial charge in [0.1, 0.15) is 6.17 Å². The Hall–Kier alpha value is -1.38. The van der Waals surface area contributed by atoms with Crippen LogP contribution in [0, 0.1) is 0 Å². The summed E-state index contributed by atoms with van der Waals surface area (Å²) in [5.41, 5.74) is 0.956. The van der Waals surface area contributed by atoms with Crippen LogP contribution in [0.5, 0.6) is 0 Å². The van der Waals surface area contributed by atoms with Crippen LogP contribution >= 0.6 is 0 Å². The molecule has 1 aliphatic rings. The third-order valence-corrected chi connectivity index (χ3v) is 1.98. The maximum atomic E-state index is 13.1. The van der Waals surface area contributed by atoms with Gasteiger partial charge in [-0.25, -0.2) is 4.39 Å². The molecule has 1 aromatic rings. The van der Waals surface area contributed by atoms with Gasteiger partial charge in [-0.05, 0) is 6.07 Å². The molecule has 2 nitrogen and oxygen atoms in total. The van der Waals surface area contributed by atoms with Crippen molar-refractivity contribution in [1.29, 1.82) is 0 Å². The molecule has 12 heavy (non-hydrogen) atoms. The van der Waals surface area contributed by atoms with Crippen molar-refractivity contribution in [2.75, 3.05) is 6.54 Å². The van der Waals surface area contributed by atoms with Gasteiger partial charge in [-0.2, -0.15) is 0 Å². The predicted molar refractivity (Wildman–Crippen MR) is 42.6 cm³/mol. The van der Waals surface area contributed by atoms with Crippen molar-refractivity contribution < 1.29 is 9.18 Å². The van der Waals surface area contributed by atoms with Gasteiger partial charge in [0.15, 0.2) is 0 Å². The van der Waals surface area contributed by atoms with E-state index in [0.29, 0.717) is 11.1 Å². The second-order valence-electron chi connectivity index (χ2n) is 2.76. The van der Waals surface area contributed by atoms with E-state index in [1.165, 1.54) is 0 Å². The molecule has 0 radical (unpaired) electrons. The molecular weight excluding hydrogens is 157 g/mol. The lowest BCUT2D eigenvalue weighted by Crippen LogP contribution is -2.33. The Labute approximate surface area is 69.4 Å². The average Bonchev–Trinajstić information content (AvgIpc) is 2.12. The second kappa shape index (κ2) is 2.59. The number of hydrogen-bond acceptors (Lipinski definition) is 1. The number of carbonyl (C=O) groups excluding carboxylic acids is 1. The molecule has 1 aliphatic heterocycles. The molecule has 0 saturated heterocycles. The minimum Gasteiger partial charge on any atom is -0.349 e. The summed E-state index contributed by atoms with van der Waals surface area (Å²) in [6, 6.07) is 6.76. The fourth-order valence-corrected chi connectivity index (χ4v) is 1.36. The van der Waals surface area contributed by atoms with Gasteiger partial charge in [-0.15, -0.1) is 0 Å². The van der Waals surface area contributed by atoms with Gasteiger partial charge in [-0.1, -0.05) is 18.2 Å². The van der Waals surface area contributed by atoms with E-state index in [-0.39, 0.29) is 12.5 Å². The minimum atomic E-state index is -1.06. The molecule has 1 amide bonds. The van der Waals surface area contributed by atoms with Crippen LogP contribution in [0.3, 0.4) is 0 Å². The fraction of sp³-hybridized carbons (Fsp3) is 0.222. The highest BCUT2D eigenvalue weighted by Gasteiger charge is 2.23. The SMILES string of the molecule is O=C1NCC(F)c2ccccc21. The Morgan fingerprint density at radius 2 is 2.17 bits per heavy atom. The zero-order valence-electron chi connectivity index (χ0n) is 6.38. The van der Waals surface area contributed by atoms with Crippen LogP contribution in [-0.4, -0.2) is 12.5 Å². The number of benzene rings is 1. The van der Waals surface area contributed by atoms with E-state index in [0.717, 1.165) is 0 Å². The maximum Gasteiger partial charge on any atom is 0.251 e. The summed E-state index contributed by atoms with van der Waals surface area (Å²) in [6.45, 7) is 0.0931. The zero-order valence-corrected chi connectivity index (χ0v) is 6.38. The number of rotatable bonds is 0. The molecule has 2 rings (SSSR count). The van der Waals surface area contributed by atoms with E-state index in [9.17, 15) is 9.18 Å². The molecule has 0 saturated carbocycles. The lowest BCUT2D eigenvalue weighted by molar-refractivity contribution is 0.0922. The molecule has 0 bridgehead atoms. The molecule has 0 aliphatic carbocycles. The molecule has 0 spiro atoms.